The van der Waals surface area contributed by atoms with Gasteiger partial charge in [0.25, 0.3) is 5.91 Å². The summed E-state index contributed by atoms with van der Waals surface area (Å²) in [6.45, 7) is 4.59. The van der Waals surface area contributed by atoms with Gasteiger partial charge in [0.05, 0.1) is 6.54 Å². The van der Waals surface area contributed by atoms with E-state index in [2.05, 4.69) is 24.1 Å². The number of carbonyl (C=O) groups is 2. The lowest BCUT2D eigenvalue weighted by molar-refractivity contribution is -0.137. The zero-order valence-corrected chi connectivity index (χ0v) is 15.3. The number of nitrogens with one attached hydrogen (secondary N) is 1. The Morgan fingerprint density at radius 2 is 2.08 bits per heavy atom. The molecule has 2 fully saturated rings. The Bertz CT molecular complexity index is 605. The van der Waals surface area contributed by atoms with Crippen molar-refractivity contribution in [2.24, 2.45) is 5.92 Å². The first-order valence-corrected chi connectivity index (χ1v) is 9.68. The molecule has 0 bridgehead atoms. The molecule has 138 valence electrons. The zero-order valence-electron chi connectivity index (χ0n) is 15.3. The summed E-state index contributed by atoms with van der Waals surface area (Å²) in [7, 11) is 0. The van der Waals surface area contributed by atoms with Gasteiger partial charge in [0.15, 0.2) is 5.69 Å². The van der Waals surface area contributed by atoms with Gasteiger partial charge in [0.1, 0.15) is 6.26 Å². The van der Waals surface area contributed by atoms with Crippen molar-refractivity contribution >= 4 is 11.8 Å². The molecule has 0 radical (unpaired) electrons. The topological polar surface area (TPSA) is 75.4 Å². The van der Waals surface area contributed by atoms with Gasteiger partial charge in [-0.1, -0.05) is 26.7 Å². The fraction of sp³-hybridized carbons (Fsp3) is 0.737. The van der Waals surface area contributed by atoms with Crippen molar-refractivity contribution in [1.82, 2.24) is 15.2 Å². The molecule has 25 heavy (non-hydrogen) atoms. The van der Waals surface area contributed by atoms with E-state index in [4.69, 9.17) is 4.42 Å². The summed E-state index contributed by atoms with van der Waals surface area (Å²) < 4.78 is 5.48. The van der Waals surface area contributed by atoms with Gasteiger partial charge in [-0.05, 0) is 38.5 Å². The molecular weight excluding hydrogens is 318 g/mol. The maximum absolute atomic E-state index is 12.9. The van der Waals surface area contributed by atoms with Gasteiger partial charge in [-0.25, -0.2) is 4.98 Å². The first-order valence-electron chi connectivity index (χ1n) is 9.68. The van der Waals surface area contributed by atoms with Crippen LogP contribution in [0, 0.1) is 5.92 Å². The molecule has 3 rings (SSSR count). The molecule has 2 amide bonds. The molecule has 0 aromatic carbocycles. The van der Waals surface area contributed by atoms with Gasteiger partial charge in [-0.2, -0.15) is 0 Å². The molecule has 1 N–H and O–H groups in total. The van der Waals surface area contributed by atoms with E-state index in [0.717, 1.165) is 51.4 Å². The molecule has 1 atom stereocenters. The number of amides is 2. The second-order valence-corrected chi connectivity index (χ2v) is 7.32. The third-order valence-corrected chi connectivity index (χ3v) is 5.02. The molecule has 2 aliphatic rings. The van der Waals surface area contributed by atoms with Crippen LogP contribution in [-0.4, -0.2) is 33.8 Å². The lowest BCUT2D eigenvalue weighted by Crippen LogP contribution is -2.37. The Kier molecular flexibility index (Phi) is 5.76. The van der Waals surface area contributed by atoms with E-state index in [1.807, 2.05) is 4.90 Å². The zero-order chi connectivity index (χ0) is 17.8. The van der Waals surface area contributed by atoms with E-state index < -0.39 is 0 Å². The summed E-state index contributed by atoms with van der Waals surface area (Å²) >= 11 is 0. The fourth-order valence-corrected chi connectivity index (χ4v) is 3.08. The molecular formula is C19H29N3O3. The van der Waals surface area contributed by atoms with E-state index in [0.29, 0.717) is 30.2 Å². The van der Waals surface area contributed by atoms with Gasteiger partial charge in [-0.3, -0.25) is 9.59 Å². The van der Waals surface area contributed by atoms with Crippen LogP contribution >= 0.6 is 0 Å². The van der Waals surface area contributed by atoms with Crippen LogP contribution in [0.2, 0.25) is 0 Å². The summed E-state index contributed by atoms with van der Waals surface area (Å²) in [6, 6.07) is 0.597. The summed E-state index contributed by atoms with van der Waals surface area (Å²) in [4.78, 5) is 31.2. The molecule has 1 aromatic heterocycles. The maximum atomic E-state index is 12.9. The number of hydrogen-bond acceptors (Lipinski definition) is 4. The predicted molar refractivity (Wildman–Crippen MR) is 93.9 cm³/mol. The minimum Gasteiger partial charge on any atom is -0.446 e. The molecule has 1 heterocycles. The Labute approximate surface area is 149 Å². The molecule has 6 nitrogen and oxygen atoms in total. The molecule has 2 saturated carbocycles. The number of unbranched alkanes of at least 4 members (excludes halogenated alkanes) is 1. The van der Waals surface area contributed by atoms with E-state index >= 15 is 0 Å². The number of nitrogens with zero attached hydrogens (tertiary/aromatic N) is 2. The second kappa shape index (κ2) is 8.02. The van der Waals surface area contributed by atoms with Crippen LogP contribution in [0.15, 0.2) is 10.7 Å². The van der Waals surface area contributed by atoms with Gasteiger partial charge in [0.2, 0.25) is 11.8 Å². The number of rotatable bonds is 10. The van der Waals surface area contributed by atoms with Crippen molar-refractivity contribution in [3.8, 4) is 0 Å². The van der Waals surface area contributed by atoms with Gasteiger partial charge < -0.3 is 14.6 Å². The van der Waals surface area contributed by atoms with Crippen molar-refractivity contribution in [2.75, 3.05) is 0 Å². The average Bonchev–Trinajstić information content (AvgIpc) is 3.54. The first-order chi connectivity index (χ1) is 12.1. The van der Waals surface area contributed by atoms with Gasteiger partial charge >= 0.3 is 0 Å². The van der Waals surface area contributed by atoms with Crippen molar-refractivity contribution in [1.29, 1.82) is 0 Å². The highest BCUT2D eigenvalue weighted by Gasteiger charge is 2.36. The normalized spacial score (nSPS) is 18.0. The van der Waals surface area contributed by atoms with Crippen LogP contribution in [0.1, 0.15) is 81.6 Å². The smallest absolute Gasteiger partial charge is 0.273 e. The number of aromatic nitrogens is 1. The second-order valence-electron chi connectivity index (χ2n) is 7.32. The summed E-state index contributed by atoms with van der Waals surface area (Å²) in [6.07, 6.45) is 9.56. The summed E-state index contributed by atoms with van der Waals surface area (Å²) in [5, 5.41) is 2.90. The Morgan fingerprint density at radius 3 is 2.68 bits per heavy atom. The van der Waals surface area contributed by atoms with Crippen molar-refractivity contribution < 1.29 is 14.0 Å². The number of hydrogen-bond donors (Lipinski definition) is 1. The molecule has 1 aromatic rings. The minimum atomic E-state index is -0.184. The molecule has 2 aliphatic carbocycles. The average molecular weight is 347 g/mol. The third-order valence-electron chi connectivity index (χ3n) is 5.02. The fourth-order valence-electron chi connectivity index (χ4n) is 3.08. The number of oxazole rings is 1. The highest BCUT2D eigenvalue weighted by Crippen LogP contribution is 2.31. The lowest BCUT2D eigenvalue weighted by atomic mass is 9.97. The summed E-state index contributed by atoms with van der Waals surface area (Å²) in [5.74, 6) is 0.552. The Balaban J connectivity index is 1.62. The van der Waals surface area contributed by atoms with Crippen LogP contribution in [-0.2, 0) is 11.3 Å². The lowest BCUT2D eigenvalue weighted by Gasteiger charge is -2.25. The van der Waals surface area contributed by atoms with E-state index in [1.165, 1.54) is 6.26 Å². The third kappa shape index (κ3) is 4.83. The van der Waals surface area contributed by atoms with Crippen LogP contribution in [0.3, 0.4) is 0 Å². The van der Waals surface area contributed by atoms with Crippen molar-refractivity contribution in [2.45, 2.75) is 83.8 Å². The highest BCUT2D eigenvalue weighted by atomic mass is 16.3. The monoisotopic (exact) mass is 347 g/mol. The van der Waals surface area contributed by atoms with Crippen LogP contribution in [0.25, 0.3) is 0 Å². The predicted octanol–water partition coefficient (Wildman–Crippen LogP) is 3.27. The Hall–Kier alpha value is -1.85. The quantitative estimate of drug-likeness (QED) is 0.705. The number of carbonyl (C=O) groups excluding carboxylic acids is 2. The van der Waals surface area contributed by atoms with Crippen LogP contribution in [0.4, 0.5) is 0 Å². The molecule has 0 aliphatic heterocycles. The van der Waals surface area contributed by atoms with E-state index in [1.54, 1.807) is 0 Å². The molecule has 0 saturated heterocycles. The highest BCUT2D eigenvalue weighted by molar-refractivity contribution is 5.92. The van der Waals surface area contributed by atoms with E-state index in [-0.39, 0.29) is 17.7 Å². The van der Waals surface area contributed by atoms with Gasteiger partial charge in [-0.15, -0.1) is 0 Å². The summed E-state index contributed by atoms with van der Waals surface area (Å²) in [5.41, 5.74) is 0.308. The van der Waals surface area contributed by atoms with Crippen molar-refractivity contribution in [3.05, 3.63) is 17.8 Å². The molecule has 6 heteroatoms. The first kappa shape index (κ1) is 18.0. The molecule has 0 spiro atoms. The minimum absolute atomic E-state index is 0.0770. The van der Waals surface area contributed by atoms with Crippen LogP contribution in [0.5, 0.6) is 0 Å². The van der Waals surface area contributed by atoms with Crippen molar-refractivity contribution in [3.63, 3.8) is 0 Å². The Morgan fingerprint density at radius 1 is 1.32 bits per heavy atom. The molecule has 1 unspecified atom stereocenters. The SMILES string of the molecule is CCCCC(CC)C(=O)N(Cc1nc(C(=O)NC2CC2)co1)C1CC1. The van der Waals surface area contributed by atoms with Crippen LogP contribution < -0.4 is 5.32 Å². The van der Waals surface area contributed by atoms with Gasteiger partial charge in [0, 0.05) is 18.0 Å². The maximum Gasteiger partial charge on any atom is 0.273 e. The largest absolute Gasteiger partial charge is 0.446 e. The standard InChI is InChI=1S/C19H29N3O3/c1-3-5-6-13(4-2)19(24)22(15-9-10-15)11-17-21-16(12-25-17)18(23)20-14-7-8-14/h12-15H,3-11H2,1-2H3,(H,20,23). The van der Waals surface area contributed by atoms with E-state index in [9.17, 15) is 9.59 Å².